The van der Waals surface area contributed by atoms with E-state index in [2.05, 4.69) is 35.4 Å². The van der Waals surface area contributed by atoms with E-state index in [0.717, 1.165) is 66.2 Å². The number of fused-ring (bicyclic) bond motifs is 3. The Balaban J connectivity index is 1.73. The first-order valence-electron chi connectivity index (χ1n) is 11.2. The van der Waals surface area contributed by atoms with Crippen molar-refractivity contribution in [3.05, 3.63) is 42.2 Å². The van der Waals surface area contributed by atoms with E-state index in [0.29, 0.717) is 19.3 Å². The molecule has 0 unspecified atom stereocenters. The van der Waals surface area contributed by atoms with Gasteiger partial charge in [-0.3, -0.25) is 14.8 Å². The minimum absolute atomic E-state index is 0.0448. The van der Waals surface area contributed by atoms with Crippen LogP contribution in [-0.2, 0) is 9.59 Å². The van der Waals surface area contributed by atoms with Gasteiger partial charge >= 0.3 is 0 Å². The number of H-pyrrole nitrogens is 1. The number of aromatic nitrogens is 2. The average molecular weight is 425 g/mol. The molecule has 4 N–H and O–H groups in total. The molecule has 31 heavy (non-hydrogen) atoms. The largest absolute Gasteiger partial charge is 0.346 e. The number of benzene rings is 2. The summed E-state index contributed by atoms with van der Waals surface area (Å²) in [6, 6.07) is 12.0. The molecule has 3 aromatic rings. The maximum Gasteiger partial charge on any atom is 0.243 e. The minimum atomic E-state index is -0.370. The van der Waals surface area contributed by atoms with E-state index >= 15 is 0 Å². The summed E-state index contributed by atoms with van der Waals surface area (Å²) in [5, 5.41) is 14.0. The van der Waals surface area contributed by atoms with Crippen molar-refractivity contribution in [1.82, 2.24) is 20.8 Å². The fourth-order valence-electron chi connectivity index (χ4n) is 3.87. The van der Waals surface area contributed by atoms with Crippen molar-refractivity contribution in [3.8, 4) is 0 Å². The van der Waals surface area contributed by atoms with Crippen molar-refractivity contribution < 1.29 is 14.8 Å². The summed E-state index contributed by atoms with van der Waals surface area (Å²) in [4.78, 5) is 32.0. The van der Waals surface area contributed by atoms with Crippen LogP contribution in [0.15, 0.2) is 36.4 Å². The SMILES string of the molecule is CCCCCC(=O)N[C@@H](CCCCCC(=O)NO)c1nc2c(ccc3ccccc32)[nH]1. The van der Waals surface area contributed by atoms with Crippen LogP contribution in [0.5, 0.6) is 0 Å². The molecule has 0 radical (unpaired) electrons. The molecule has 0 aliphatic heterocycles. The predicted octanol–water partition coefficient (Wildman–Crippen LogP) is 4.91. The third-order valence-corrected chi connectivity index (χ3v) is 5.59. The van der Waals surface area contributed by atoms with Crippen molar-refractivity contribution in [1.29, 1.82) is 0 Å². The molecular weight excluding hydrogens is 392 g/mol. The first-order chi connectivity index (χ1) is 15.1. The smallest absolute Gasteiger partial charge is 0.243 e. The van der Waals surface area contributed by atoms with Gasteiger partial charge in [0.1, 0.15) is 5.82 Å². The topological polar surface area (TPSA) is 107 Å². The van der Waals surface area contributed by atoms with Gasteiger partial charge in [0.2, 0.25) is 11.8 Å². The minimum Gasteiger partial charge on any atom is -0.346 e. The van der Waals surface area contributed by atoms with Gasteiger partial charge in [0.15, 0.2) is 0 Å². The Kier molecular flexibility index (Phi) is 8.41. The van der Waals surface area contributed by atoms with Crippen molar-refractivity contribution in [2.75, 3.05) is 0 Å². The number of nitrogens with one attached hydrogen (secondary N) is 3. The van der Waals surface area contributed by atoms with E-state index in [1.54, 1.807) is 5.48 Å². The second kappa shape index (κ2) is 11.5. The molecular formula is C24H32N4O3. The fourth-order valence-corrected chi connectivity index (χ4v) is 3.87. The van der Waals surface area contributed by atoms with Crippen LogP contribution in [0.4, 0.5) is 0 Å². The quantitative estimate of drug-likeness (QED) is 0.188. The molecule has 0 bridgehead atoms. The highest BCUT2D eigenvalue weighted by Crippen LogP contribution is 2.27. The summed E-state index contributed by atoms with van der Waals surface area (Å²) in [5.74, 6) is 0.441. The molecule has 2 amide bonds. The number of rotatable bonds is 12. The lowest BCUT2D eigenvalue weighted by Crippen LogP contribution is -2.29. The van der Waals surface area contributed by atoms with Crippen LogP contribution in [0.3, 0.4) is 0 Å². The molecule has 166 valence electrons. The van der Waals surface area contributed by atoms with Gasteiger partial charge in [-0.05, 0) is 30.7 Å². The molecule has 0 saturated carbocycles. The summed E-state index contributed by atoms with van der Waals surface area (Å²) in [5.41, 5.74) is 3.53. The number of nitrogens with zero attached hydrogens (tertiary/aromatic N) is 1. The highest BCUT2D eigenvalue weighted by Gasteiger charge is 2.19. The van der Waals surface area contributed by atoms with E-state index < -0.39 is 0 Å². The lowest BCUT2D eigenvalue weighted by atomic mass is 10.1. The molecule has 3 rings (SSSR count). The van der Waals surface area contributed by atoms with Crippen LogP contribution in [0, 0.1) is 0 Å². The van der Waals surface area contributed by atoms with E-state index in [-0.39, 0.29) is 17.9 Å². The van der Waals surface area contributed by atoms with Crippen LogP contribution < -0.4 is 10.8 Å². The summed E-state index contributed by atoms with van der Waals surface area (Å²) in [7, 11) is 0. The predicted molar refractivity (Wildman–Crippen MR) is 122 cm³/mol. The Bertz CT molecular complexity index is 1010. The number of hydroxylamine groups is 1. The van der Waals surface area contributed by atoms with E-state index in [1.807, 2.05) is 18.2 Å². The molecule has 7 nitrogen and oxygen atoms in total. The highest BCUT2D eigenvalue weighted by atomic mass is 16.5. The molecule has 7 heteroatoms. The van der Waals surface area contributed by atoms with Crippen LogP contribution in [0.25, 0.3) is 21.8 Å². The molecule has 2 aromatic carbocycles. The number of aromatic amines is 1. The second-order valence-electron chi connectivity index (χ2n) is 8.02. The van der Waals surface area contributed by atoms with Crippen molar-refractivity contribution in [3.63, 3.8) is 0 Å². The summed E-state index contributed by atoms with van der Waals surface area (Å²) >= 11 is 0. The second-order valence-corrected chi connectivity index (χ2v) is 8.02. The first kappa shape index (κ1) is 22.7. The van der Waals surface area contributed by atoms with Gasteiger partial charge in [0.25, 0.3) is 0 Å². The Morgan fingerprint density at radius 2 is 1.77 bits per heavy atom. The van der Waals surface area contributed by atoms with Gasteiger partial charge < -0.3 is 10.3 Å². The number of amides is 2. The zero-order valence-corrected chi connectivity index (χ0v) is 18.1. The van der Waals surface area contributed by atoms with Gasteiger partial charge in [-0.15, -0.1) is 0 Å². The molecule has 0 fully saturated rings. The van der Waals surface area contributed by atoms with E-state index in [1.165, 1.54) is 0 Å². The first-order valence-corrected chi connectivity index (χ1v) is 11.2. The summed E-state index contributed by atoms with van der Waals surface area (Å²) in [6.07, 6.45) is 6.92. The maximum atomic E-state index is 12.5. The van der Waals surface area contributed by atoms with E-state index in [4.69, 9.17) is 10.2 Å². The van der Waals surface area contributed by atoms with Gasteiger partial charge in [0.05, 0.1) is 17.1 Å². The average Bonchev–Trinajstić information content (AvgIpc) is 3.23. The summed E-state index contributed by atoms with van der Waals surface area (Å²) < 4.78 is 0. The lowest BCUT2D eigenvalue weighted by Gasteiger charge is -2.17. The molecule has 0 saturated heterocycles. The lowest BCUT2D eigenvalue weighted by molar-refractivity contribution is -0.129. The van der Waals surface area contributed by atoms with Crippen LogP contribution >= 0.6 is 0 Å². The fraction of sp³-hybridized carbons (Fsp3) is 0.458. The Morgan fingerprint density at radius 3 is 2.58 bits per heavy atom. The number of carbonyl (C=O) groups excluding carboxylic acids is 2. The highest BCUT2D eigenvalue weighted by molar-refractivity contribution is 6.04. The molecule has 0 aliphatic rings. The Hall–Kier alpha value is -2.93. The maximum absolute atomic E-state index is 12.5. The van der Waals surface area contributed by atoms with Crippen LogP contribution in [0.2, 0.25) is 0 Å². The van der Waals surface area contributed by atoms with Gasteiger partial charge in [0, 0.05) is 18.2 Å². The normalized spacial score (nSPS) is 12.2. The molecule has 1 aromatic heterocycles. The van der Waals surface area contributed by atoms with Gasteiger partial charge in [-0.2, -0.15) is 0 Å². The molecule has 0 spiro atoms. The molecule has 1 heterocycles. The molecule has 1 atom stereocenters. The standard InChI is InChI=1S/C24H32N4O3/c1-2-3-5-13-21(29)25-20(12-6-4-7-14-22(30)28-31)24-26-19-16-15-17-10-8-9-11-18(17)23(19)27-24/h8-11,15-16,20,31H,2-7,12-14H2,1H3,(H,25,29)(H,26,27)(H,28,30)/t20-/m0/s1. The number of carbonyl (C=O) groups is 2. The Labute approximate surface area is 182 Å². The number of unbranched alkanes of at least 4 members (excludes halogenated alkanes) is 4. The third kappa shape index (κ3) is 6.28. The zero-order valence-electron chi connectivity index (χ0n) is 18.1. The van der Waals surface area contributed by atoms with Crippen molar-refractivity contribution in [2.45, 2.75) is 70.8 Å². The van der Waals surface area contributed by atoms with E-state index in [9.17, 15) is 9.59 Å². The van der Waals surface area contributed by atoms with Crippen molar-refractivity contribution in [2.24, 2.45) is 0 Å². The number of imidazole rings is 1. The summed E-state index contributed by atoms with van der Waals surface area (Å²) in [6.45, 7) is 2.12. The van der Waals surface area contributed by atoms with Gasteiger partial charge in [-0.25, -0.2) is 10.5 Å². The van der Waals surface area contributed by atoms with Crippen LogP contribution in [-0.4, -0.2) is 27.0 Å². The van der Waals surface area contributed by atoms with Crippen molar-refractivity contribution >= 4 is 33.6 Å². The zero-order chi connectivity index (χ0) is 22.1. The van der Waals surface area contributed by atoms with Gasteiger partial charge in [-0.1, -0.05) is 62.9 Å². The number of hydrogen-bond acceptors (Lipinski definition) is 4. The molecule has 0 aliphatic carbocycles. The Morgan fingerprint density at radius 1 is 1.00 bits per heavy atom. The monoisotopic (exact) mass is 424 g/mol. The van der Waals surface area contributed by atoms with Crippen LogP contribution in [0.1, 0.15) is 76.6 Å². The number of hydrogen-bond donors (Lipinski definition) is 4. The third-order valence-electron chi connectivity index (χ3n) is 5.59.